The molecular formula is C33H62O2Si2. The quantitative estimate of drug-likeness (QED) is 0.122. The van der Waals surface area contributed by atoms with Crippen LogP contribution < -0.4 is 0 Å². The molecule has 37 heavy (non-hydrogen) atoms. The van der Waals surface area contributed by atoms with Gasteiger partial charge >= 0.3 is 0 Å². The molecule has 0 radical (unpaired) electrons. The summed E-state index contributed by atoms with van der Waals surface area (Å²) in [5.41, 5.74) is 1.68. The van der Waals surface area contributed by atoms with Gasteiger partial charge in [0.15, 0.2) is 16.6 Å². The number of hydrogen-bond donors (Lipinski definition) is 0. The monoisotopic (exact) mass is 546 g/mol. The molecule has 0 aromatic heterocycles. The Morgan fingerprint density at radius 1 is 1.00 bits per heavy atom. The van der Waals surface area contributed by atoms with E-state index in [1.54, 1.807) is 5.57 Å². The van der Waals surface area contributed by atoms with Crippen molar-refractivity contribution in [3.63, 3.8) is 0 Å². The second-order valence-corrected chi connectivity index (χ2v) is 24.6. The largest absolute Gasteiger partial charge is 0.413 e. The fourth-order valence-corrected chi connectivity index (χ4v) is 8.19. The summed E-state index contributed by atoms with van der Waals surface area (Å²) in [5, 5.41) is 0.463. The summed E-state index contributed by atoms with van der Waals surface area (Å²) < 4.78 is 14.1. The van der Waals surface area contributed by atoms with Crippen LogP contribution in [0.1, 0.15) is 106 Å². The first-order valence-corrected chi connectivity index (χ1v) is 21.2. The van der Waals surface area contributed by atoms with Crippen LogP contribution in [0.15, 0.2) is 36.5 Å². The van der Waals surface area contributed by atoms with E-state index >= 15 is 0 Å². The number of rotatable bonds is 14. The second kappa shape index (κ2) is 13.3. The molecule has 0 heterocycles. The third-order valence-corrected chi connectivity index (χ3v) is 19.0. The zero-order valence-electron chi connectivity index (χ0n) is 26.6. The first-order valence-electron chi connectivity index (χ1n) is 15.4. The Morgan fingerprint density at radius 3 is 2.22 bits per heavy atom. The zero-order valence-corrected chi connectivity index (χ0v) is 28.6. The maximum Gasteiger partial charge on any atom is 0.192 e. The van der Waals surface area contributed by atoms with Crippen LogP contribution in [0.4, 0.5) is 0 Å². The van der Waals surface area contributed by atoms with Gasteiger partial charge in [0.05, 0.1) is 12.2 Å². The van der Waals surface area contributed by atoms with Gasteiger partial charge in [0, 0.05) is 5.92 Å². The predicted molar refractivity (Wildman–Crippen MR) is 169 cm³/mol. The molecule has 0 aromatic rings. The summed E-state index contributed by atoms with van der Waals surface area (Å²) >= 11 is 0. The van der Waals surface area contributed by atoms with Gasteiger partial charge in [-0.25, -0.2) is 0 Å². The highest BCUT2D eigenvalue weighted by molar-refractivity contribution is 6.74. The van der Waals surface area contributed by atoms with E-state index in [4.69, 9.17) is 8.85 Å². The average molecular weight is 547 g/mol. The molecular weight excluding hydrogens is 485 g/mol. The third kappa shape index (κ3) is 9.05. The van der Waals surface area contributed by atoms with Gasteiger partial charge in [0.2, 0.25) is 0 Å². The molecule has 0 aliphatic heterocycles. The van der Waals surface area contributed by atoms with Crippen molar-refractivity contribution >= 4 is 16.6 Å². The highest BCUT2D eigenvalue weighted by atomic mass is 28.4. The standard InChI is InChI=1S/C33H62O2Si2/c1-13-15-17-19-26-23-27-25-31(35-37(11,12)33(6,7)8)29(30(27)24-26)22-21-28(20-18-16-14-2)34-36(9,10)32(3,4)5/h13,21-23,27-31H,1,14-20,24-25H2,2-12H3/b22-21-/t27-,28+,29+,30-,31-/m1/s1. The van der Waals surface area contributed by atoms with E-state index in [0.717, 1.165) is 12.8 Å². The lowest BCUT2D eigenvalue weighted by Crippen LogP contribution is -2.45. The van der Waals surface area contributed by atoms with Gasteiger partial charge in [-0.2, -0.15) is 0 Å². The van der Waals surface area contributed by atoms with E-state index in [9.17, 15) is 0 Å². The summed E-state index contributed by atoms with van der Waals surface area (Å²) in [6, 6.07) is 0. The molecule has 1 saturated carbocycles. The zero-order chi connectivity index (χ0) is 28.1. The minimum absolute atomic E-state index is 0.224. The first-order chi connectivity index (χ1) is 17.0. The van der Waals surface area contributed by atoms with Crippen molar-refractivity contribution in [2.45, 2.75) is 155 Å². The summed E-state index contributed by atoms with van der Waals surface area (Å²) in [5.74, 6) is 1.85. The lowest BCUT2D eigenvalue weighted by molar-refractivity contribution is 0.147. The Balaban J connectivity index is 2.28. The molecule has 1 fully saturated rings. The molecule has 4 heteroatoms. The Hall–Kier alpha value is -0.426. The SMILES string of the molecule is C=CCCCC1=C[C@@H]2C[C@@H](O[Si](C)(C)C(C)(C)C)[C@@H](/C=C\[C@H](CCCCC)O[Si](C)(C)C(C)(C)C)[C@@H]2C1. The molecule has 0 unspecified atom stereocenters. The van der Waals surface area contributed by atoms with E-state index in [2.05, 4.69) is 106 Å². The Morgan fingerprint density at radius 2 is 1.65 bits per heavy atom. The van der Waals surface area contributed by atoms with Gasteiger partial charge in [0.1, 0.15) is 0 Å². The van der Waals surface area contributed by atoms with E-state index in [0.29, 0.717) is 23.9 Å². The minimum Gasteiger partial charge on any atom is -0.413 e. The Labute approximate surface area is 234 Å². The van der Waals surface area contributed by atoms with Crippen molar-refractivity contribution in [1.82, 2.24) is 0 Å². The highest BCUT2D eigenvalue weighted by Crippen LogP contribution is 2.51. The fraction of sp³-hybridized carbons (Fsp3) is 0.818. The van der Waals surface area contributed by atoms with Gasteiger partial charge in [0.25, 0.3) is 0 Å². The molecule has 2 aliphatic carbocycles. The van der Waals surface area contributed by atoms with Crippen molar-refractivity contribution in [3.8, 4) is 0 Å². The highest BCUT2D eigenvalue weighted by Gasteiger charge is 2.48. The van der Waals surface area contributed by atoms with Crippen LogP contribution in [-0.2, 0) is 8.85 Å². The minimum atomic E-state index is -1.84. The summed E-state index contributed by atoms with van der Waals surface area (Å²) in [6.45, 7) is 30.0. The smallest absolute Gasteiger partial charge is 0.192 e. The lowest BCUT2D eigenvalue weighted by Gasteiger charge is -2.40. The summed E-state index contributed by atoms with van der Waals surface area (Å²) in [7, 11) is -3.67. The normalized spacial score (nSPS) is 26.0. The molecule has 2 nitrogen and oxygen atoms in total. The van der Waals surface area contributed by atoms with Crippen LogP contribution in [0.2, 0.25) is 36.3 Å². The molecule has 2 rings (SSSR count). The van der Waals surface area contributed by atoms with E-state index in [1.165, 1.54) is 44.9 Å². The molecule has 0 amide bonds. The Kier molecular flexibility index (Phi) is 11.8. The Bertz CT molecular complexity index is 781. The predicted octanol–water partition coefficient (Wildman–Crippen LogP) is 10.8. The molecule has 0 saturated heterocycles. The van der Waals surface area contributed by atoms with Crippen molar-refractivity contribution < 1.29 is 8.85 Å². The second-order valence-electron chi connectivity index (χ2n) is 15.1. The van der Waals surface area contributed by atoms with Gasteiger partial charge in [-0.1, -0.05) is 97.6 Å². The topological polar surface area (TPSA) is 18.5 Å². The molecule has 0 spiro atoms. The van der Waals surface area contributed by atoms with Crippen molar-refractivity contribution in [2.75, 3.05) is 0 Å². The van der Waals surface area contributed by atoms with Crippen LogP contribution in [0.5, 0.6) is 0 Å². The van der Waals surface area contributed by atoms with E-state index in [1.807, 2.05) is 0 Å². The number of hydrogen-bond acceptors (Lipinski definition) is 2. The number of allylic oxidation sites excluding steroid dienone is 3. The van der Waals surface area contributed by atoms with Gasteiger partial charge in [-0.3, -0.25) is 0 Å². The van der Waals surface area contributed by atoms with Gasteiger partial charge < -0.3 is 8.85 Å². The molecule has 0 aromatic carbocycles. The molecule has 214 valence electrons. The first kappa shape index (κ1) is 32.8. The maximum atomic E-state index is 7.14. The van der Waals surface area contributed by atoms with Crippen LogP contribution >= 0.6 is 0 Å². The number of unbranched alkanes of at least 4 members (excludes halogenated alkanes) is 3. The van der Waals surface area contributed by atoms with Crippen molar-refractivity contribution in [2.24, 2.45) is 17.8 Å². The fourth-order valence-electron chi connectivity index (χ4n) is 5.52. The maximum absolute atomic E-state index is 7.14. The van der Waals surface area contributed by atoms with Gasteiger partial charge in [-0.05, 0) is 86.6 Å². The number of fused-ring (bicyclic) bond motifs is 1. The summed E-state index contributed by atoms with van der Waals surface area (Å²) in [6.07, 6.45) is 21.2. The van der Waals surface area contributed by atoms with Crippen LogP contribution in [-0.4, -0.2) is 28.8 Å². The molecule has 2 aliphatic rings. The van der Waals surface area contributed by atoms with Gasteiger partial charge in [-0.15, -0.1) is 6.58 Å². The van der Waals surface area contributed by atoms with Crippen LogP contribution in [0, 0.1) is 17.8 Å². The van der Waals surface area contributed by atoms with Crippen molar-refractivity contribution in [3.05, 3.63) is 36.5 Å². The molecule has 0 bridgehead atoms. The molecule has 0 N–H and O–H groups in total. The average Bonchev–Trinajstić information content (AvgIpc) is 3.27. The lowest BCUT2D eigenvalue weighted by atomic mass is 9.88. The van der Waals surface area contributed by atoms with Crippen LogP contribution in [0.3, 0.4) is 0 Å². The third-order valence-electron chi connectivity index (χ3n) is 9.98. The van der Waals surface area contributed by atoms with E-state index < -0.39 is 16.6 Å². The van der Waals surface area contributed by atoms with Crippen LogP contribution in [0.25, 0.3) is 0 Å². The molecule has 5 atom stereocenters. The van der Waals surface area contributed by atoms with E-state index in [-0.39, 0.29) is 16.2 Å². The van der Waals surface area contributed by atoms with Crippen molar-refractivity contribution in [1.29, 1.82) is 0 Å². The summed E-state index contributed by atoms with van der Waals surface area (Å²) in [4.78, 5) is 0.